The molecule has 0 saturated heterocycles. The minimum Gasteiger partial charge on any atom is -0.481 e. The summed E-state index contributed by atoms with van der Waals surface area (Å²) in [6.45, 7) is 0. The van der Waals surface area contributed by atoms with Crippen LogP contribution in [0.25, 0.3) is 11.1 Å². The summed E-state index contributed by atoms with van der Waals surface area (Å²) in [6, 6.07) is 13.4. The van der Waals surface area contributed by atoms with E-state index in [-0.39, 0.29) is 12.2 Å². The largest absolute Gasteiger partial charge is 0.481 e. The van der Waals surface area contributed by atoms with Crippen molar-refractivity contribution in [2.24, 2.45) is 0 Å². The summed E-state index contributed by atoms with van der Waals surface area (Å²) in [5.41, 5.74) is 2.50. The van der Waals surface area contributed by atoms with Gasteiger partial charge in [0.25, 0.3) is 0 Å². The maximum absolute atomic E-state index is 12.8. The van der Waals surface area contributed by atoms with Gasteiger partial charge in [0.2, 0.25) is 0 Å². The maximum atomic E-state index is 12.8. The Morgan fingerprint density at radius 3 is 2.41 bits per heavy atom. The van der Waals surface area contributed by atoms with E-state index in [0.717, 1.165) is 16.7 Å². The lowest BCUT2D eigenvalue weighted by Gasteiger charge is -2.04. The van der Waals surface area contributed by atoms with Gasteiger partial charge in [0.05, 0.1) is 6.42 Å². The number of rotatable bonds is 3. The van der Waals surface area contributed by atoms with Crippen LogP contribution in [0.1, 0.15) is 5.56 Å². The second-order valence-corrected chi connectivity index (χ2v) is 3.78. The van der Waals surface area contributed by atoms with Crippen molar-refractivity contribution in [2.75, 3.05) is 0 Å². The van der Waals surface area contributed by atoms with Crippen LogP contribution in [0, 0.1) is 5.82 Å². The standard InChI is InChI=1S/C14H11FO2/c15-13-6-4-11(5-7-13)12-3-1-2-10(8-12)9-14(16)17/h1-8H,9H2,(H,16,17). The van der Waals surface area contributed by atoms with Crippen LogP contribution in [0.4, 0.5) is 4.39 Å². The molecule has 2 rings (SSSR count). The highest BCUT2D eigenvalue weighted by Gasteiger charge is 2.03. The normalized spacial score (nSPS) is 10.2. The van der Waals surface area contributed by atoms with Crippen LogP contribution in [0.3, 0.4) is 0 Å². The van der Waals surface area contributed by atoms with E-state index in [2.05, 4.69) is 0 Å². The zero-order chi connectivity index (χ0) is 12.3. The predicted octanol–water partition coefficient (Wildman–Crippen LogP) is 3.12. The smallest absolute Gasteiger partial charge is 0.307 e. The van der Waals surface area contributed by atoms with Crippen LogP contribution in [-0.4, -0.2) is 11.1 Å². The highest BCUT2D eigenvalue weighted by Crippen LogP contribution is 2.20. The van der Waals surface area contributed by atoms with Gasteiger partial charge in [-0.3, -0.25) is 4.79 Å². The van der Waals surface area contributed by atoms with Crippen LogP contribution >= 0.6 is 0 Å². The molecule has 3 heteroatoms. The highest BCUT2D eigenvalue weighted by atomic mass is 19.1. The minimum atomic E-state index is -0.860. The van der Waals surface area contributed by atoms with E-state index >= 15 is 0 Å². The molecule has 0 aliphatic carbocycles. The molecule has 2 nitrogen and oxygen atoms in total. The van der Waals surface area contributed by atoms with E-state index in [1.807, 2.05) is 6.07 Å². The van der Waals surface area contributed by atoms with Gasteiger partial charge in [0, 0.05) is 0 Å². The van der Waals surface area contributed by atoms with Crippen molar-refractivity contribution in [1.82, 2.24) is 0 Å². The van der Waals surface area contributed by atoms with Gasteiger partial charge in [-0.05, 0) is 28.8 Å². The first kappa shape index (κ1) is 11.3. The van der Waals surface area contributed by atoms with Gasteiger partial charge >= 0.3 is 5.97 Å². The third kappa shape index (κ3) is 2.91. The Kier molecular flexibility index (Phi) is 3.19. The first-order valence-corrected chi connectivity index (χ1v) is 5.22. The second-order valence-electron chi connectivity index (χ2n) is 3.78. The average molecular weight is 230 g/mol. The van der Waals surface area contributed by atoms with Gasteiger partial charge in [-0.15, -0.1) is 0 Å². The van der Waals surface area contributed by atoms with Gasteiger partial charge in [0.1, 0.15) is 5.82 Å². The molecule has 0 heterocycles. The molecule has 86 valence electrons. The summed E-state index contributed by atoms with van der Waals surface area (Å²) >= 11 is 0. The van der Waals surface area contributed by atoms with Crippen molar-refractivity contribution in [3.63, 3.8) is 0 Å². The number of halogens is 1. The molecule has 1 N–H and O–H groups in total. The number of benzene rings is 2. The molecule has 17 heavy (non-hydrogen) atoms. The minimum absolute atomic E-state index is 0.00493. The lowest BCUT2D eigenvalue weighted by molar-refractivity contribution is -0.136. The fourth-order valence-corrected chi connectivity index (χ4v) is 1.68. The molecule has 0 aromatic heterocycles. The van der Waals surface area contributed by atoms with Gasteiger partial charge in [0.15, 0.2) is 0 Å². The predicted molar refractivity (Wildman–Crippen MR) is 63.2 cm³/mol. The zero-order valence-corrected chi connectivity index (χ0v) is 9.06. The van der Waals surface area contributed by atoms with Crippen molar-refractivity contribution < 1.29 is 14.3 Å². The average Bonchev–Trinajstić information content (AvgIpc) is 2.29. The molecule has 0 unspecified atom stereocenters. The Bertz CT molecular complexity index is 532. The maximum Gasteiger partial charge on any atom is 0.307 e. The lowest BCUT2D eigenvalue weighted by atomic mass is 10.0. The van der Waals surface area contributed by atoms with Gasteiger partial charge in [-0.25, -0.2) is 4.39 Å². The molecule has 0 atom stereocenters. The second kappa shape index (κ2) is 4.78. The summed E-state index contributed by atoms with van der Waals surface area (Å²) < 4.78 is 12.8. The SMILES string of the molecule is O=C(O)Cc1cccc(-c2ccc(F)cc2)c1. The summed E-state index contributed by atoms with van der Waals surface area (Å²) in [6.07, 6.45) is -0.00493. The molecule has 0 saturated carbocycles. The molecular formula is C14H11FO2. The van der Waals surface area contributed by atoms with Crippen LogP contribution in [-0.2, 0) is 11.2 Å². The molecule has 0 aliphatic heterocycles. The van der Waals surface area contributed by atoms with E-state index in [4.69, 9.17) is 5.11 Å². The third-order valence-corrected chi connectivity index (χ3v) is 2.46. The van der Waals surface area contributed by atoms with Gasteiger partial charge < -0.3 is 5.11 Å². The zero-order valence-electron chi connectivity index (χ0n) is 9.06. The monoisotopic (exact) mass is 230 g/mol. The summed E-state index contributed by atoms with van der Waals surface area (Å²) in [5.74, 6) is -1.14. The molecule has 2 aromatic carbocycles. The Labute approximate surface area is 98.3 Å². The van der Waals surface area contributed by atoms with Crippen LogP contribution < -0.4 is 0 Å². The number of hydrogen-bond acceptors (Lipinski definition) is 1. The Morgan fingerprint density at radius 2 is 1.76 bits per heavy atom. The van der Waals surface area contributed by atoms with E-state index in [0.29, 0.717) is 0 Å². The summed E-state index contributed by atoms with van der Waals surface area (Å²) in [5, 5.41) is 8.72. The van der Waals surface area contributed by atoms with E-state index in [1.54, 1.807) is 30.3 Å². The number of carboxylic acids is 1. The molecule has 0 radical (unpaired) electrons. The van der Waals surface area contributed by atoms with Gasteiger partial charge in [-0.2, -0.15) is 0 Å². The van der Waals surface area contributed by atoms with Crippen LogP contribution in [0.5, 0.6) is 0 Å². The summed E-state index contributed by atoms with van der Waals surface area (Å²) in [4.78, 5) is 10.6. The Balaban J connectivity index is 2.32. The number of aliphatic carboxylic acids is 1. The van der Waals surface area contributed by atoms with E-state index in [9.17, 15) is 9.18 Å². The van der Waals surface area contributed by atoms with Crippen molar-refractivity contribution in [2.45, 2.75) is 6.42 Å². The number of carbonyl (C=O) groups is 1. The molecule has 0 aliphatic rings. The van der Waals surface area contributed by atoms with Crippen molar-refractivity contribution >= 4 is 5.97 Å². The fourth-order valence-electron chi connectivity index (χ4n) is 1.68. The number of carboxylic acid groups (broad SMARTS) is 1. The molecule has 0 bridgehead atoms. The third-order valence-electron chi connectivity index (χ3n) is 2.46. The van der Waals surface area contributed by atoms with Crippen LogP contribution in [0.2, 0.25) is 0 Å². The van der Waals surface area contributed by atoms with Crippen LogP contribution in [0.15, 0.2) is 48.5 Å². The Morgan fingerprint density at radius 1 is 1.06 bits per heavy atom. The van der Waals surface area contributed by atoms with E-state index < -0.39 is 5.97 Å². The topological polar surface area (TPSA) is 37.3 Å². The molecular weight excluding hydrogens is 219 g/mol. The quantitative estimate of drug-likeness (QED) is 0.879. The number of hydrogen-bond donors (Lipinski definition) is 1. The molecule has 0 fully saturated rings. The van der Waals surface area contributed by atoms with E-state index in [1.165, 1.54) is 12.1 Å². The highest BCUT2D eigenvalue weighted by molar-refractivity contribution is 5.72. The molecule has 2 aromatic rings. The van der Waals surface area contributed by atoms with Crippen molar-refractivity contribution in [3.05, 3.63) is 59.9 Å². The first-order chi connectivity index (χ1) is 8.15. The van der Waals surface area contributed by atoms with Crippen molar-refractivity contribution in [3.8, 4) is 11.1 Å². The Hall–Kier alpha value is -2.16. The fraction of sp³-hybridized carbons (Fsp3) is 0.0714. The first-order valence-electron chi connectivity index (χ1n) is 5.22. The summed E-state index contributed by atoms with van der Waals surface area (Å²) in [7, 11) is 0. The molecule has 0 spiro atoms. The van der Waals surface area contributed by atoms with Gasteiger partial charge in [-0.1, -0.05) is 36.4 Å². The lowest BCUT2D eigenvalue weighted by Crippen LogP contribution is -1.99. The van der Waals surface area contributed by atoms with Crippen molar-refractivity contribution in [1.29, 1.82) is 0 Å². The molecule has 0 amide bonds.